The summed E-state index contributed by atoms with van der Waals surface area (Å²) in [4.78, 5) is 16.8. The summed E-state index contributed by atoms with van der Waals surface area (Å²) >= 11 is 0. The van der Waals surface area contributed by atoms with E-state index < -0.39 is 5.97 Å². The van der Waals surface area contributed by atoms with E-state index in [1.54, 1.807) is 51.5 Å². The molecule has 176 valence electrons. The molecule has 0 amide bonds. The zero-order valence-electron chi connectivity index (χ0n) is 19.2. The molecule has 0 aliphatic carbocycles. The number of rotatable bonds is 9. The van der Waals surface area contributed by atoms with Gasteiger partial charge in [-0.3, -0.25) is 0 Å². The van der Waals surface area contributed by atoms with Crippen molar-refractivity contribution >= 4 is 5.97 Å². The van der Waals surface area contributed by atoms with Crippen LogP contribution in [0.2, 0.25) is 0 Å². The molecule has 0 atom stereocenters. The van der Waals surface area contributed by atoms with Gasteiger partial charge in [0.1, 0.15) is 41.0 Å². The number of aromatic amines is 1. The third kappa shape index (κ3) is 4.56. The molecule has 2 heterocycles. The van der Waals surface area contributed by atoms with E-state index >= 15 is 0 Å². The molecule has 0 bridgehead atoms. The quantitative estimate of drug-likeness (QED) is 0.363. The summed E-state index contributed by atoms with van der Waals surface area (Å²) in [5, 5.41) is 10.5. The molecule has 2 aromatic carbocycles. The molecule has 0 saturated heterocycles. The SMILES string of the molecule is CCOC(=O)c1n[nH]nc1-c1ccccc1OCc1nc(-c2cc(OC)ccc2OC)oc1C. The summed E-state index contributed by atoms with van der Waals surface area (Å²) in [6.45, 7) is 3.90. The maximum atomic E-state index is 12.2. The highest BCUT2D eigenvalue weighted by atomic mass is 16.5. The first-order valence-electron chi connectivity index (χ1n) is 10.5. The van der Waals surface area contributed by atoms with Gasteiger partial charge < -0.3 is 23.4 Å². The molecule has 0 saturated carbocycles. The van der Waals surface area contributed by atoms with E-state index in [-0.39, 0.29) is 18.9 Å². The Hall–Kier alpha value is -4.34. The lowest BCUT2D eigenvalue weighted by Crippen LogP contribution is -2.07. The van der Waals surface area contributed by atoms with Gasteiger partial charge in [-0.05, 0) is 44.2 Å². The van der Waals surface area contributed by atoms with E-state index in [1.807, 2.05) is 19.1 Å². The second kappa shape index (κ2) is 10.1. The zero-order valence-corrected chi connectivity index (χ0v) is 19.2. The third-order valence-electron chi connectivity index (χ3n) is 5.05. The van der Waals surface area contributed by atoms with Crippen molar-refractivity contribution in [3.8, 4) is 40.0 Å². The number of para-hydroxylation sites is 1. The minimum Gasteiger partial charge on any atom is -0.497 e. The molecule has 1 N–H and O–H groups in total. The number of methoxy groups -OCH3 is 2. The summed E-state index contributed by atoms with van der Waals surface area (Å²) in [5.41, 5.74) is 2.30. The Labute approximate surface area is 195 Å². The largest absolute Gasteiger partial charge is 0.497 e. The Balaban J connectivity index is 1.60. The first-order chi connectivity index (χ1) is 16.5. The fraction of sp³-hybridized carbons (Fsp3) is 0.250. The van der Waals surface area contributed by atoms with Crippen LogP contribution in [0.1, 0.15) is 28.9 Å². The van der Waals surface area contributed by atoms with Gasteiger partial charge in [0, 0.05) is 5.56 Å². The number of benzene rings is 2. The number of nitrogens with zero attached hydrogens (tertiary/aromatic N) is 3. The van der Waals surface area contributed by atoms with Gasteiger partial charge in [0.25, 0.3) is 0 Å². The molecule has 0 unspecified atom stereocenters. The Kier molecular flexibility index (Phi) is 6.77. The van der Waals surface area contributed by atoms with Crippen molar-refractivity contribution in [1.29, 1.82) is 0 Å². The highest BCUT2D eigenvalue weighted by Crippen LogP contribution is 2.35. The number of hydrogen-bond acceptors (Lipinski definition) is 9. The minimum atomic E-state index is -0.565. The van der Waals surface area contributed by atoms with Crippen LogP contribution < -0.4 is 14.2 Å². The topological polar surface area (TPSA) is 122 Å². The molecule has 0 radical (unpaired) electrons. The van der Waals surface area contributed by atoms with Crippen LogP contribution in [0.5, 0.6) is 17.2 Å². The number of carbonyl (C=O) groups is 1. The molecular weight excluding hydrogens is 440 g/mol. The van der Waals surface area contributed by atoms with Gasteiger partial charge in [-0.25, -0.2) is 9.78 Å². The third-order valence-corrected chi connectivity index (χ3v) is 5.05. The van der Waals surface area contributed by atoms with Crippen LogP contribution in [0.3, 0.4) is 0 Å². The highest BCUT2D eigenvalue weighted by Gasteiger charge is 2.22. The van der Waals surface area contributed by atoms with Gasteiger partial charge in [-0.15, -0.1) is 5.10 Å². The molecular formula is C24H24N4O6. The molecule has 4 rings (SSSR count). The lowest BCUT2D eigenvalue weighted by atomic mass is 10.1. The fourth-order valence-corrected chi connectivity index (χ4v) is 3.35. The van der Waals surface area contributed by atoms with Crippen molar-refractivity contribution in [1.82, 2.24) is 20.4 Å². The Morgan fingerprint density at radius 3 is 2.62 bits per heavy atom. The Morgan fingerprint density at radius 2 is 1.85 bits per heavy atom. The van der Waals surface area contributed by atoms with E-state index in [0.717, 1.165) is 0 Å². The number of oxazole rings is 1. The number of ether oxygens (including phenoxy) is 4. The number of aromatic nitrogens is 4. The van der Waals surface area contributed by atoms with Crippen molar-refractivity contribution in [3.63, 3.8) is 0 Å². The number of nitrogens with one attached hydrogen (secondary N) is 1. The lowest BCUT2D eigenvalue weighted by molar-refractivity contribution is 0.0520. The summed E-state index contributed by atoms with van der Waals surface area (Å²) < 4.78 is 27.8. The van der Waals surface area contributed by atoms with Gasteiger partial charge in [-0.2, -0.15) is 10.3 Å². The maximum Gasteiger partial charge on any atom is 0.361 e. The first-order valence-corrected chi connectivity index (χ1v) is 10.5. The monoisotopic (exact) mass is 464 g/mol. The summed E-state index contributed by atoms with van der Waals surface area (Å²) in [7, 11) is 3.17. The van der Waals surface area contributed by atoms with Crippen LogP contribution in [0.4, 0.5) is 0 Å². The molecule has 10 nitrogen and oxygen atoms in total. The van der Waals surface area contributed by atoms with Gasteiger partial charge in [-0.1, -0.05) is 12.1 Å². The van der Waals surface area contributed by atoms with E-state index in [4.69, 9.17) is 23.4 Å². The lowest BCUT2D eigenvalue weighted by Gasteiger charge is -2.10. The van der Waals surface area contributed by atoms with Crippen molar-refractivity contribution in [2.75, 3.05) is 20.8 Å². The Bertz CT molecular complexity index is 1300. The Morgan fingerprint density at radius 1 is 1.03 bits per heavy atom. The van der Waals surface area contributed by atoms with Crippen LogP contribution in [0.15, 0.2) is 46.9 Å². The average molecular weight is 464 g/mol. The molecule has 0 spiro atoms. The molecule has 0 fully saturated rings. The zero-order chi connectivity index (χ0) is 24.1. The van der Waals surface area contributed by atoms with Crippen LogP contribution in [0.25, 0.3) is 22.7 Å². The molecule has 0 aliphatic rings. The van der Waals surface area contributed by atoms with Gasteiger partial charge in [0.05, 0.1) is 26.4 Å². The predicted octanol–water partition coefficient (Wildman–Crippen LogP) is 4.21. The predicted molar refractivity (Wildman–Crippen MR) is 122 cm³/mol. The van der Waals surface area contributed by atoms with Crippen LogP contribution in [0, 0.1) is 6.92 Å². The van der Waals surface area contributed by atoms with Crippen molar-refractivity contribution < 1.29 is 28.2 Å². The van der Waals surface area contributed by atoms with Gasteiger partial charge in [0.15, 0.2) is 5.69 Å². The van der Waals surface area contributed by atoms with E-state index in [0.29, 0.717) is 51.4 Å². The van der Waals surface area contributed by atoms with Gasteiger partial charge in [0.2, 0.25) is 5.89 Å². The number of H-pyrrole nitrogens is 1. The summed E-state index contributed by atoms with van der Waals surface area (Å²) in [5.74, 6) is 2.20. The summed E-state index contributed by atoms with van der Waals surface area (Å²) in [6.07, 6.45) is 0. The number of hydrogen-bond donors (Lipinski definition) is 1. The smallest absolute Gasteiger partial charge is 0.361 e. The molecule has 4 aromatic rings. The van der Waals surface area contributed by atoms with E-state index in [9.17, 15) is 4.79 Å². The van der Waals surface area contributed by atoms with Crippen LogP contribution >= 0.6 is 0 Å². The molecule has 10 heteroatoms. The maximum absolute atomic E-state index is 12.2. The number of esters is 1. The van der Waals surface area contributed by atoms with Crippen LogP contribution in [-0.4, -0.2) is 47.2 Å². The highest BCUT2D eigenvalue weighted by molar-refractivity contribution is 5.94. The van der Waals surface area contributed by atoms with E-state index in [2.05, 4.69) is 20.4 Å². The second-order valence-electron chi connectivity index (χ2n) is 7.11. The molecule has 2 aromatic heterocycles. The number of aryl methyl sites for hydroxylation is 1. The van der Waals surface area contributed by atoms with E-state index in [1.165, 1.54) is 0 Å². The summed E-state index contributed by atoms with van der Waals surface area (Å²) in [6, 6.07) is 12.6. The van der Waals surface area contributed by atoms with Crippen molar-refractivity contribution in [2.45, 2.75) is 20.5 Å². The van der Waals surface area contributed by atoms with Crippen molar-refractivity contribution in [2.24, 2.45) is 0 Å². The van der Waals surface area contributed by atoms with Crippen molar-refractivity contribution in [3.05, 3.63) is 59.6 Å². The fourth-order valence-electron chi connectivity index (χ4n) is 3.35. The average Bonchev–Trinajstić information content (AvgIpc) is 3.49. The molecule has 34 heavy (non-hydrogen) atoms. The van der Waals surface area contributed by atoms with Crippen LogP contribution in [-0.2, 0) is 11.3 Å². The number of carbonyl (C=O) groups excluding carboxylic acids is 1. The second-order valence-corrected chi connectivity index (χ2v) is 7.11. The standard InChI is InChI=1S/C24H24N4O6/c1-5-32-24(29)22-21(26-28-27-22)16-8-6-7-9-20(16)33-13-18-14(2)34-23(25-18)17-12-15(30-3)10-11-19(17)31-4/h6-12H,5,13H2,1-4H3,(H,26,27,28). The minimum absolute atomic E-state index is 0.0860. The molecule has 0 aliphatic heterocycles. The normalized spacial score (nSPS) is 10.7. The van der Waals surface area contributed by atoms with Gasteiger partial charge >= 0.3 is 5.97 Å². The first kappa shape index (κ1) is 22.8.